The number of amides is 1. The third-order valence-electron chi connectivity index (χ3n) is 5.76. The van der Waals surface area contributed by atoms with Crippen LogP contribution in [0, 0.1) is 12.3 Å². The fourth-order valence-electron chi connectivity index (χ4n) is 4.19. The Balaban J connectivity index is 1.79. The topological polar surface area (TPSA) is 55.4 Å². The number of halogens is 1. The molecule has 2 aromatic rings. The Labute approximate surface area is 178 Å². The van der Waals surface area contributed by atoms with Gasteiger partial charge in [-0.05, 0) is 60.9 Å². The number of carboxylic acid groups (broad SMARTS) is 1. The Morgan fingerprint density at radius 3 is 2.52 bits per heavy atom. The van der Waals surface area contributed by atoms with Gasteiger partial charge in [-0.1, -0.05) is 62.2 Å². The van der Waals surface area contributed by atoms with Crippen LogP contribution in [0.2, 0.25) is 5.02 Å². The highest BCUT2D eigenvalue weighted by Gasteiger charge is 2.36. The molecule has 1 aliphatic heterocycles. The molecule has 29 heavy (non-hydrogen) atoms. The number of carbonyl (C=O) groups excluding carboxylic acids is 1. The smallest absolute Gasteiger partial charge is 0.137 e. The molecule has 5 heteroatoms. The maximum Gasteiger partial charge on any atom is 0.137 e. The highest BCUT2D eigenvalue weighted by atomic mass is 35.5. The molecule has 0 saturated carbocycles. The Morgan fingerprint density at radius 2 is 1.90 bits per heavy atom. The zero-order valence-corrected chi connectivity index (χ0v) is 18.4. The number of rotatable bonds is 4. The molecule has 0 bridgehead atoms. The van der Waals surface area contributed by atoms with Gasteiger partial charge in [0.1, 0.15) is 6.09 Å². The number of hydrogen-bond acceptors (Lipinski definition) is 3. The third kappa shape index (κ3) is 5.45. The summed E-state index contributed by atoms with van der Waals surface area (Å²) in [6.45, 7) is 8.87. The van der Waals surface area contributed by atoms with Gasteiger partial charge in [0, 0.05) is 29.3 Å². The first kappa shape index (κ1) is 21.5. The quantitative estimate of drug-likeness (QED) is 0.777. The van der Waals surface area contributed by atoms with Crippen LogP contribution in [0.1, 0.15) is 50.3 Å². The van der Waals surface area contributed by atoms with Gasteiger partial charge >= 0.3 is 0 Å². The minimum Gasteiger partial charge on any atom is -0.530 e. The second-order valence-electron chi connectivity index (χ2n) is 9.17. The van der Waals surface area contributed by atoms with E-state index in [0.717, 1.165) is 30.0 Å². The summed E-state index contributed by atoms with van der Waals surface area (Å²) < 4.78 is 0. The Kier molecular flexibility index (Phi) is 6.42. The van der Waals surface area contributed by atoms with Crippen molar-refractivity contribution in [2.24, 2.45) is 5.41 Å². The molecule has 0 spiro atoms. The Hall–Kier alpha value is -2.20. The standard InChI is InChI=1S/C24H31ClN2O2/c1-16-5-10-21(18(13-16)14-17-6-8-19(25)9-7-17)26-20-11-12-27(23(28)29)22(15-20)24(2,3)4/h5-10,13,20,22,26H,11-12,14-15H2,1-4H3,(H,28,29)/p-1. The number of aryl methyl sites for hydroxylation is 1. The first-order valence-electron chi connectivity index (χ1n) is 10.2. The highest BCUT2D eigenvalue weighted by Crippen LogP contribution is 2.33. The molecule has 4 nitrogen and oxygen atoms in total. The summed E-state index contributed by atoms with van der Waals surface area (Å²) in [7, 11) is 0. The van der Waals surface area contributed by atoms with Gasteiger partial charge < -0.3 is 20.1 Å². The number of piperidine rings is 1. The van der Waals surface area contributed by atoms with E-state index in [0.29, 0.717) is 6.54 Å². The predicted molar refractivity (Wildman–Crippen MR) is 117 cm³/mol. The van der Waals surface area contributed by atoms with Gasteiger partial charge in [0.2, 0.25) is 0 Å². The minimum absolute atomic E-state index is 0.0658. The lowest BCUT2D eigenvalue weighted by molar-refractivity contribution is -0.271. The van der Waals surface area contributed by atoms with E-state index in [1.807, 2.05) is 12.1 Å². The SMILES string of the molecule is Cc1ccc(NC2CCN(C(=O)[O-])C(C(C)(C)C)C2)c(Cc2ccc(Cl)cc2)c1. The van der Waals surface area contributed by atoms with Crippen molar-refractivity contribution in [1.82, 2.24) is 4.90 Å². The lowest BCUT2D eigenvalue weighted by Gasteiger charge is -2.47. The predicted octanol–water partition coefficient (Wildman–Crippen LogP) is 4.87. The molecular weight excluding hydrogens is 384 g/mol. The van der Waals surface area contributed by atoms with Crippen molar-refractivity contribution in [2.45, 2.75) is 59.0 Å². The second kappa shape index (κ2) is 8.66. The molecule has 156 valence electrons. The van der Waals surface area contributed by atoms with E-state index in [-0.39, 0.29) is 17.5 Å². The van der Waals surface area contributed by atoms with Crippen molar-refractivity contribution in [1.29, 1.82) is 0 Å². The minimum atomic E-state index is -1.07. The van der Waals surface area contributed by atoms with Gasteiger partial charge in [-0.2, -0.15) is 0 Å². The van der Waals surface area contributed by atoms with E-state index >= 15 is 0 Å². The molecule has 3 rings (SSSR count). The molecule has 1 fully saturated rings. The third-order valence-corrected chi connectivity index (χ3v) is 6.02. The van der Waals surface area contributed by atoms with E-state index < -0.39 is 6.09 Å². The summed E-state index contributed by atoms with van der Waals surface area (Å²) in [5, 5.41) is 16.0. The van der Waals surface area contributed by atoms with Crippen LogP contribution in [0.3, 0.4) is 0 Å². The van der Waals surface area contributed by atoms with Crippen molar-refractivity contribution >= 4 is 23.4 Å². The van der Waals surface area contributed by atoms with Crippen molar-refractivity contribution in [3.05, 3.63) is 64.2 Å². The zero-order chi connectivity index (χ0) is 21.2. The fraction of sp³-hybridized carbons (Fsp3) is 0.458. The number of benzene rings is 2. The number of anilines is 1. The van der Waals surface area contributed by atoms with Crippen LogP contribution in [0.4, 0.5) is 10.5 Å². The van der Waals surface area contributed by atoms with E-state index in [1.54, 1.807) is 0 Å². The van der Waals surface area contributed by atoms with Gasteiger partial charge in [0.15, 0.2) is 0 Å². The number of hydrogen-bond donors (Lipinski definition) is 1. The van der Waals surface area contributed by atoms with Crippen LogP contribution in [0.15, 0.2) is 42.5 Å². The molecule has 2 atom stereocenters. The molecule has 1 aliphatic rings. The molecule has 0 aromatic heterocycles. The summed E-state index contributed by atoms with van der Waals surface area (Å²) in [4.78, 5) is 13.1. The molecule has 2 aromatic carbocycles. The molecule has 1 amide bonds. The lowest BCUT2D eigenvalue weighted by atomic mass is 9.79. The van der Waals surface area contributed by atoms with Gasteiger partial charge in [-0.15, -0.1) is 0 Å². The van der Waals surface area contributed by atoms with Crippen LogP contribution in [-0.4, -0.2) is 29.6 Å². The van der Waals surface area contributed by atoms with Gasteiger partial charge in [-0.3, -0.25) is 0 Å². The molecular formula is C24H30ClN2O2-. The molecule has 1 saturated heterocycles. The number of nitrogens with one attached hydrogen (secondary N) is 1. The van der Waals surface area contributed by atoms with Crippen LogP contribution in [0.5, 0.6) is 0 Å². The summed E-state index contributed by atoms with van der Waals surface area (Å²) in [6.07, 6.45) is 1.30. The van der Waals surface area contributed by atoms with Crippen LogP contribution in [0.25, 0.3) is 0 Å². The molecule has 0 radical (unpaired) electrons. The maximum absolute atomic E-state index is 11.6. The lowest BCUT2D eigenvalue weighted by Crippen LogP contribution is -2.57. The largest absolute Gasteiger partial charge is 0.530 e. The van der Waals surface area contributed by atoms with E-state index in [9.17, 15) is 9.90 Å². The number of carbonyl (C=O) groups is 1. The molecule has 2 unspecified atom stereocenters. The normalized spacial score (nSPS) is 19.8. The number of nitrogens with zero attached hydrogens (tertiary/aromatic N) is 1. The average molecular weight is 414 g/mol. The van der Waals surface area contributed by atoms with Crippen molar-refractivity contribution in [3.8, 4) is 0 Å². The van der Waals surface area contributed by atoms with E-state index in [1.165, 1.54) is 21.6 Å². The van der Waals surface area contributed by atoms with Crippen molar-refractivity contribution < 1.29 is 9.90 Å². The zero-order valence-electron chi connectivity index (χ0n) is 17.7. The monoisotopic (exact) mass is 413 g/mol. The van der Waals surface area contributed by atoms with Crippen molar-refractivity contribution in [2.75, 3.05) is 11.9 Å². The first-order valence-corrected chi connectivity index (χ1v) is 10.6. The molecule has 1 N–H and O–H groups in total. The summed E-state index contributed by atoms with van der Waals surface area (Å²) in [6, 6.07) is 14.6. The van der Waals surface area contributed by atoms with Gasteiger partial charge in [-0.25, -0.2) is 0 Å². The van der Waals surface area contributed by atoms with Gasteiger partial charge in [0.25, 0.3) is 0 Å². The highest BCUT2D eigenvalue weighted by molar-refractivity contribution is 6.30. The maximum atomic E-state index is 11.6. The van der Waals surface area contributed by atoms with Gasteiger partial charge in [0.05, 0.1) is 0 Å². The average Bonchev–Trinajstić information content (AvgIpc) is 2.65. The molecule has 1 heterocycles. The first-order chi connectivity index (χ1) is 13.6. The second-order valence-corrected chi connectivity index (χ2v) is 9.61. The Morgan fingerprint density at radius 1 is 1.21 bits per heavy atom. The number of likely N-dealkylation sites (tertiary alicyclic amines) is 1. The summed E-state index contributed by atoms with van der Waals surface area (Å²) in [5.41, 5.74) is 4.65. The Bertz CT molecular complexity index is 858. The summed E-state index contributed by atoms with van der Waals surface area (Å²) in [5.74, 6) is 0. The van der Waals surface area contributed by atoms with Crippen LogP contribution in [-0.2, 0) is 6.42 Å². The van der Waals surface area contributed by atoms with Crippen LogP contribution < -0.4 is 10.4 Å². The van der Waals surface area contributed by atoms with E-state index in [4.69, 9.17) is 11.6 Å². The van der Waals surface area contributed by atoms with Crippen LogP contribution >= 0.6 is 11.6 Å². The summed E-state index contributed by atoms with van der Waals surface area (Å²) >= 11 is 6.02. The van der Waals surface area contributed by atoms with E-state index in [2.05, 4.69) is 63.3 Å². The fourth-order valence-corrected chi connectivity index (χ4v) is 4.31. The molecule has 0 aliphatic carbocycles. The van der Waals surface area contributed by atoms with Crippen molar-refractivity contribution in [3.63, 3.8) is 0 Å².